The molecule has 3 fully saturated rings. The predicted octanol–water partition coefficient (Wildman–Crippen LogP) is -0.611. The Kier molecular flexibility index (Phi) is 26.9. The summed E-state index contributed by atoms with van der Waals surface area (Å²) >= 11 is 3.33. The van der Waals surface area contributed by atoms with Crippen molar-refractivity contribution in [2.45, 2.75) is 75.0 Å². The van der Waals surface area contributed by atoms with Crippen molar-refractivity contribution in [1.82, 2.24) is 9.97 Å². The van der Waals surface area contributed by atoms with E-state index in [0.717, 1.165) is 99.2 Å². The van der Waals surface area contributed by atoms with Gasteiger partial charge in [-0.2, -0.15) is 16.8 Å². The Balaban J connectivity index is 0.00000113. The number of hydrogen-bond donors (Lipinski definition) is 3. The van der Waals surface area contributed by atoms with Gasteiger partial charge in [0.05, 0.1) is 142 Å². The van der Waals surface area contributed by atoms with Crippen molar-refractivity contribution in [2.75, 3.05) is 73.5 Å². The minimum absolute atomic E-state index is 0. The van der Waals surface area contributed by atoms with Crippen LogP contribution < -0.4 is 62.0 Å². The van der Waals surface area contributed by atoms with Gasteiger partial charge in [0, 0.05) is 48.3 Å². The van der Waals surface area contributed by atoms with Crippen molar-refractivity contribution >= 4 is 95.9 Å². The molecule has 9 unspecified atom stereocenters. The molecule has 0 amide bonds. The summed E-state index contributed by atoms with van der Waals surface area (Å²) in [5.74, 6) is 4.33. The van der Waals surface area contributed by atoms with Gasteiger partial charge in [-0.05, 0) is 135 Å². The molecule has 91 heavy (non-hydrogen) atoms. The second kappa shape index (κ2) is 32.5. The molecule has 0 bridgehead atoms. The molecule has 0 radical (unpaired) electrons. The van der Waals surface area contributed by atoms with Crippen LogP contribution in [0.15, 0.2) is 141 Å². The number of hydrogen-bond acceptors (Lipinski definition) is 16. The number of likely N-dealkylation sites (tertiary alicyclic amines) is 3. The second-order valence-corrected chi connectivity index (χ2v) is 30.5. The van der Waals surface area contributed by atoms with Crippen LogP contribution in [0.5, 0.6) is 0 Å². The van der Waals surface area contributed by atoms with Gasteiger partial charge >= 0.3 is 21.2 Å². The van der Waals surface area contributed by atoms with Crippen LogP contribution in [0, 0.1) is 35.5 Å². The molecule has 28 heteroatoms. The maximum absolute atomic E-state index is 12.2. The second-order valence-electron chi connectivity index (χ2n) is 24.7. The summed E-state index contributed by atoms with van der Waals surface area (Å²) in [4.78, 5) is 23.1. The van der Waals surface area contributed by atoms with Crippen molar-refractivity contribution in [2.24, 2.45) is 45.5 Å². The van der Waals surface area contributed by atoms with Gasteiger partial charge in [-0.1, -0.05) is 50.2 Å². The topological polar surface area (TPSA) is 266 Å². The van der Waals surface area contributed by atoms with Gasteiger partial charge < -0.3 is 60.2 Å². The van der Waals surface area contributed by atoms with Gasteiger partial charge in [0.15, 0.2) is 0 Å². The number of rotatable bonds is 18. The Bertz CT molecular complexity index is 4380. The summed E-state index contributed by atoms with van der Waals surface area (Å²) in [5, 5.41) is 1.40. The fourth-order valence-corrected chi connectivity index (χ4v) is 17.3. The van der Waals surface area contributed by atoms with Crippen LogP contribution in [-0.4, -0.2) is 144 Å². The maximum Gasteiger partial charge on any atom is 0.425 e. The molecule has 19 nitrogen and oxygen atoms in total. The van der Waals surface area contributed by atoms with E-state index in [0.29, 0.717) is 34.7 Å². The van der Waals surface area contributed by atoms with Gasteiger partial charge in [-0.25, -0.2) is 20.0 Å². The first-order chi connectivity index (χ1) is 41.8. The lowest BCUT2D eigenvalue weighted by Crippen LogP contribution is -3.07. The van der Waals surface area contributed by atoms with Gasteiger partial charge in [-0.3, -0.25) is 9.11 Å². The highest BCUT2D eigenvalue weighted by atomic mass is 79.9. The minimum atomic E-state index is -4.42. The molecule has 5 heterocycles. The first kappa shape index (κ1) is 75.2. The lowest BCUT2D eigenvalue weighted by molar-refractivity contribution is -0.900. The van der Waals surface area contributed by atoms with E-state index in [1.807, 2.05) is 30.3 Å². The molecule has 0 spiro atoms. The molecule has 3 N–H and O–H groups in total. The molecule has 4 aromatic carbocycles. The Labute approximate surface area is 570 Å². The minimum Gasteiger partial charge on any atom is -1.00 e. The average Bonchev–Trinajstić information content (AvgIpc) is 1.04. The Morgan fingerprint density at radius 2 is 1.12 bits per heavy atom. The summed E-state index contributed by atoms with van der Waals surface area (Å²) < 4.78 is 123. The normalized spacial score (nSPS) is 23.4. The largest absolute Gasteiger partial charge is 1.00 e. The highest BCUT2D eigenvalue weighted by Crippen LogP contribution is 2.42. The third-order valence-electron chi connectivity index (χ3n) is 18.3. The number of likely N-dealkylation sites (N-methyl/N-ethyl adjacent to an activating group) is 2. The number of halogens is 3. The summed E-state index contributed by atoms with van der Waals surface area (Å²) in [6.07, 6.45) is 9.43. The number of aromatic nitrogens is 2. The fraction of sp³-hybridized carbons (Fsp3) is 0.429. The first-order valence-electron chi connectivity index (χ1n) is 29.7. The van der Waals surface area contributed by atoms with E-state index >= 15 is 0 Å². The van der Waals surface area contributed by atoms with Crippen LogP contribution in [0.3, 0.4) is 0 Å². The van der Waals surface area contributed by atoms with E-state index < -0.39 is 41.5 Å². The summed E-state index contributed by atoms with van der Waals surface area (Å²) in [6.45, 7) is 14.2. The lowest BCUT2D eigenvalue weighted by Gasteiger charge is -2.31. The van der Waals surface area contributed by atoms with Crippen molar-refractivity contribution < 1.29 is 111 Å². The molecule has 11 rings (SSSR count). The van der Waals surface area contributed by atoms with Crippen LogP contribution in [0.1, 0.15) is 63.5 Å². The van der Waals surface area contributed by atoms with Crippen LogP contribution in [0.25, 0.3) is 41.6 Å². The molecular formula is C63H76Br2ClN7O12S6. The molecule has 492 valence electrons. The summed E-state index contributed by atoms with van der Waals surface area (Å²) in [7, 11) is -7.67. The van der Waals surface area contributed by atoms with Crippen LogP contribution >= 0.6 is 22.7 Å². The monoisotopic (exact) mass is 1510 g/mol. The zero-order valence-electron chi connectivity index (χ0n) is 51.1. The molecule has 5 aliphatic heterocycles. The number of nitrogens with zero attached hydrogens (tertiary/aromatic N) is 6. The molecule has 0 aromatic heterocycles. The van der Waals surface area contributed by atoms with Crippen molar-refractivity contribution in [1.29, 1.82) is 0 Å². The fourth-order valence-electron chi connectivity index (χ4n) is 14.2. The SMILES string of the molecule is CCC1C[NH+](C)CC1CCC1C[N+](C)(CCc2cc3nc4ccccc4sc-3cc2=Nc2cccc(S(=O)(=O)O)c2)CC1CCC1C[N+](C)(CCc2ccc3sc4cc(=Nc5ccccc5S(=O)(=O)O)ccc-4nc3c2)CC1CC.O=S(=O)=O.O=S(=O)=O.[Br-].[Br-].[Cl-]. The zero-order valence-corrected chi connectivity index (χ0v) is 59.9. The van der Waals surface area contributed by atoms with E-state index in [4.69, 9.17) is 40.2 Å². The molecule has 2 aliphatic carbocycles. The van der Waals surface area contributed by atoms with Crippen LogP contribution in [0.2, 0.25) is 0 Å². The molecule has 0 saturated carbocycles. The van der Waals surface area contributed by atoms with Crippen LogP contribution in [-0.2, 0) is 54.3 Å². The Morgan fingerprint density at radius 3 is 1.76 bits per heavy atom. The van der Waals surface area contributed by atoms with E-state index in [1.54, 1.807) is 57.9 Å². The van der Waals surface area contributed by atoms with Crippen LogP contribution in [0.4, 0.5) is 11.4 Å². The van der Waals surface area contributed by atoms with Gasteiger partial charge in [0.1, 0.15) is 4.90 Å². The first-order valence-corrected chi connectivity index (χ1v) is 36.2. The number of nitrogens with one attached hydrogen (secondary N) is 1. The molecule has 9 atom stereocenters. The highest BCUT2D eigenvalue weighted by molar-refractivity contribution is 7.86. The lowest BCUT2D eigenvalue weighted by atomic mass is 9.80. The number of para-hydroxylation sites is 2. The Hall–Kier alpha value is -4.85. The molecule has 3 saturated heterocycles. The predicted molar refractivity (Wildman–Crippen MR) is 340 cm³/mol. The van der Waals surface area contributed by atoms with Crippen molar-refractivity contribution in [3.05, 3.63) is 143 Å². The third kappa shape index (κ3) is 20.1. The zero-order chi connectivity index (χ0) is 63.1. The number of benzene rings is 6. The van der Waals surface area contributed by atoms with E-state index in [9.17, 15) is 25.9 Å². The van der Waals surface area contributed by atoms with E-state index in [2.05, 4.69) is 82.4 Å². The average molecular weight is 1510 g/mol. The molecule has 4 aromatic rings. The number of fused-ring (bicyclic) bond motifs is 4. The highest BCUT2D eigenvalue weighted by Gasteiger charge is 2.46. The number of quaternary nitrogens is 3. The van der Waals surface area contributed by atoms with Gasteiger partial charge in [0.2, 0.25) is 0 Å². The van der Waals surface area contributed by atoms with E-state index in [-0.39, 0.29) is 61.8 Å². The Morgan fingerprint density at radius 1 is 0.571 bits per heavy atom. The smallest absolute Gasteiger partial charge is 0.425 e. The van der Waals surface area contributed by atoms with Gasteiger partial charge in [0.25, 0.3) is 20.2 Å². The van der Waals surface area contributed by atoms with E-state index in [1.165, 1.54) is 102 Å². The quantitative estimate of drug-likeness (QED) is 0.0550. The summed E-state index contributed by atoms with van der Waals surface area (Å²) in [6, 6.07) is 37.4. The standard InChI is InChI=1S/C63H73N7O6S4.2BrH.ClH.2O3S/c1-6-43-36-68(3)37-46(43)20-21-48-40-70(5,30-28-45-32-58-62(77-59-17-10-8-15-53(59)66-58)35-56(45)65-50-13-12-14-52(33-50)79(71,72)73)41-49(48)23-22-47-39-69(4,38-44(47)7-2)29-27-42-19-26-60-57(31-42)67-54-25-24-51(34-61(54)78-60)64-55-16-9-11-18-63(55)80(74,75)76;;;;2*1-4(2)3/h8-19,24-26,31-35,43-44,46-49H,6-7,20-23,27-30,36-41H2,1-5H3;3*1H;;. The van der Waals surface area contributed by atoms with Gasteiger partial charge in [-0.15, -0.1) is 47.9 Å². The van der Waals surface area contributed by atoms with Crippen molar-refractivity contribution in [3.63, 3.8) is 0 Å². The van der Waals surface area contributed by atoms with Crippen molar-refractivity contribution in [3.8, 4) is 21.1 Å². The third-order valence-corrected chi connectivity index (χ3v) is 22.3. The maximum atomic E-state index is 12.2. The summed E-state index contributed by atoms with van der Waals surface area (Å²) in [5.41, 5.74) is 6.81. The molecular weight excluding hydrogens is 1430 g/mol. The molecule has 7 aliphatic rings.